The largest absolute Gasteiger partial charge is 0.306 e. The molecule has 0 saturated carbocycles. The lowest BCUT2D eigenvalue weighted by Gasteiger charge is -2.22. The standard InChI is InChI=1S/C19H27N.ClH/c1-5-13-20-18(16-9-7-6-8-10-16)14-17-11-12-19(3,4)15(17)2;/h5-10,18,20H,1,11-14H2,2-4H3;1H. The Hall–Kier alpha value is -1.05. The average molecular weight is 306 g/mol. The van der Waals surface area contributed by atoms with Crippen molar-refractivity contribution in [3.63, 3.8) is 0 Å². The average Bonchev–Trinajstić information content (AvgIpc) is 2.71. The van der Waals surface area contributed by atoms with Crippen molar-refractivity contribution >= 4 is 12.4 Å². The molecule has 2 heteroatoms. The second-order valence-corrected chi connectivity index (χ2v) is 6.48. The molecule has 1 aliphatic carbocycles. The molecule has 0 aromatic heterocycles. The van der Waals surface area contributed by atoms with Crippen molar-refractivity contribution < 1.29 is 0 Å². The summed E-state index contributed by atoms with van der Waals surface area (Å²) >= 11 is 0. The quantitative estimate of drug-likeness (QED) is 0.689. The van der Waals surface area contributed by atoms with E-state index in [4.69, 9.17) is 0 Å². The van der Waals surface area contributed by atoms with E-state index in [1.54, 1.807) is 11.1 Å². The van der Waals surface area contributed by atoms with E-state index >= 15 is 0 Å². The third-order valence-corrected chi connectivity index (χ3v) is 4.76. The molecule has 0 bridgehead atoms. The molecule has 0 spiro atoms. The van der Waals surface area contributed by atoms with Gasteiger partial charge in [-0.1, -0.05) is 61.4 Å². The van der Waals surface area contributed by atoms with E-state index in [0.29, 0.717) is 11.5 Å². The summed E-state index contributed by atoms with van der Waals surface area (Å²) in [6.07, 6.45) is 5.60. The lowest BCUT2D eigenvalue weighted by molar-refractivity contribution is 0.442. The van der Waals surface area contributed by atoms with Crippen LogP contribution in [0.25, 0.3) is 0 Å². The summed E-state index contributed by atoms with van der Waals surface area (Å²) in [5.74, 6) is 0. The summed E-state index contributed by atoms with van der Waals surface area (Å²) in [5.41, 5.74) is 4.99. The maximum Gasteiger partial charge on any atom is 0.0360 e. The maximum absolute atomic E-state index is 3.82. The number of benzene rings is 1. The molecule has 1 unspecified atom stereocenters. The zero-order valence-electron chi connectivity index (χ0n) is 13.5. The molecule has 116 valence electrons. The van der Waals surface area contributed by atoms with Gasteiger partial charge in [0.2, 0.25) is 0 Å². The smallest absolute Gasteiger partial charge is 0.0360 e. The predicted octanol–water partition coefficient (Wildman–Crippen LogP) is 5.45. The van der Waals surface area contributed by atoms with E-state index in [9.17, 15) is 0 Å². The van der Waals surface area contributed by atoms with Crippen molar-refractivity contribution in [1.29, 1.82) is 0 Å². The summed E-state index contributed by atoms with van der Waals surface area (Å²) in [6, 6.07) is 11.2. The first-order valence-electron chi connectivity index (χ1n) is 7.63. The highest BCUT2D eigenvalue weighted by Crippen LogP contribution is 2.44. The Labute approximate surface area is 135 Å². The van der Waals surface area contributed by atoms with Crippen molar-refractivity contribution in [2.75, 3.05) is 6.54 Å². The first kappa shape index (κ1) is 18.0. The van der Waals surface area contributed by atoms with E-state index in [-0.39, 0.29) is 12.4 Å². The Balaban J connectivity index is 0.00000220. The van der Waals surface area contributed by atoms with Crippen LogP contribution in [-0.4, -0.2) is 6.54 Å². The third-order valence-electron chi connectivity index (χ3n) is 4.76. The van der Waals surface area contributed by atoms with Crippen LogP contribution < -0.4 is 5.32 Å². The molecule has 0 fully saturated rings. The number of allylic oxidation sites excluding steroid dienone is 1. The minimum atomic E-state index is 0. The Morgan fingerprint density at radius 2 is 1.95 bits per heavy atom. The van der Waals surface area contributed by atoms with Crippen LogP contribution in [0.15, 0.2) is 54.1 Å². The van der Waals surface area contributed by atoms with Gasteiger partial charge in [-0.25, -0.2) is 0 Å². The fraction of sp³-hybridized carbons (Fsp3) is 0.474. The van der Waals surface area contributed by atoms with Gasteiger partial charge in [0, 0.05) is 12.6 Å². The van der Waals surface area contributed by atoms with Gasteiger partial charge in [-0.3, -0.25) is 0 Å². The van der Waals surface area contributed by atoms with Crippen LogP contribution in [0.5, 0.6) is 0 Å². The molecule has 1 aliphatic rings. The maximum atomic E-state index is 3.82. The van der Waals surface area contributed by atoms with Gasteiger partial charge in [-0.2, -0.15) is 0 Å². The van der Waals surface area contributed by atoms with Gasteiger partial charge in [0.25, 0.3) is 0 Å². The Morgan fingerprint density at radius 1 is 1.29 bits per heavy atom. The molecule has 2 rings (SSSR count). The number of hydrogen-bond acceptors (Lipinski definition) is 1. The number of hydrogen-bond donors (Lipinski definition) is 1. The second-order valence-electron chi connectivity index (χ2n) is 6.48. The van der Waals surface area contributed by atoms with E-state index < -0.39 is 0 Å². The SMILES string of the molecule is C=CCNC(CC1=C(C)C(C)(C)CC1)c1ccccc1.Cl. The van der Waals surface area contributed by atoms with Crippen LogP contribution in [0.2, 0.25) is 0 Å². The minimum absolute atomic E-state index is 0. The fourth-order valence-corrected chi connectivity index (χ4v) is 3.04. The minimum Gasteiger partial charge on any atom is -0.306 e. The first-order chi connectivity index (χ1) is 9.54. The van der Waals surface area contributed by atoms with Crippen LogP contribution in [0.3, 0.4) is 0 Å². The first-order valence-corrected chi connectivity index (χ1v) is 7.63. The van der Waals surface area contributed by atoms with E-state index in [2.05, 4.69) is 63.0 Å². The van der Waals surface area contributed by atoms with Gasteiger partial charge >= 0.3 is 0 Å². The highest BCUT2D eigenvalue weighted by Gasteiger charge is 2.30. The number of rotatable bonds is 6. The zero-order chi connectivity index (χ0) is 14.6. The number of halogens is 1. The molecule has 1 aromatic carbocycles. The molecule has 0 aliphatic heterocycles. The van der Waals surface area contributed by atoms with Crippen molar-refractivity contribution in [3.05, 3.63) is 59.7 Å². The molecular weight excluding hydrogens is 278 g/mol. The Bertz CT molecular complexity index is 488. The molecule has 0 radical (unpaired) electrons. The van der Waals surface area contributed by atoms with Crippen molar-refractivity contribution in [2.45, 2.75) is 46.1 Å². The highest BCUT2D eigenvalue weighted by molar-refractivity contribution is 5.85. The van der Waals surface area contributed by atoms with E-state index in [1.165, 1.54) is 18.4 Å². The summed E-state index contributed by atoms with van der Waals surface area (Å²) in [5, 5.41) is 3.61. The second kappa shape index (κ2) is 7.82. The zero-order valence-corrected chi connectivity index (χ0v) is 14.3. The molecular formula is C19H28ClN. The predicted molar refractivity (Wildman–Crippen MR) is 95.0 cm³/mol. The van der Waals surface area contributed by atoms with Gasteiger partial charge < -0.3 is 5.32 Å². The molecule has 21 heavy (non-hydrogen) atoms. The molecule has 1 N–H and O–H groups in total. The molecule has 0 heterocycles. The van der Waals surface area contributed by atoms with Crippen molar-refractivity contribution in [1.82, 2.24) is 5.32 Å². The monoisotopic (exact) mass is 305 g/mol. The van der Waals surface area contributed by atoms with Crippen LogP contribution in [-0.2, 0) is 0 Å². The van der Waals surface area contributed by atoms with Gasteiger partial charge in [0.05, 0.1) is 0 Å². The van der Waals surface area contributed by atoms with Crippen molar-refractivity contribution in [3.8, 4) is 0 Å². The molecule has 1 nitrogen and oxygen atoms in total. The van der Waals surface area contributed by atoms with Crippen LogP contribution >= 0.6 is 12.4 Å². The third kappa shape index (κ3) is 4.46. The topological polar surface area (TPSA) is 12.0 Å². The van der Waals surface area contributed by atoms with E-state index in [0.717, 1.165) is 13.0 Å². The highest BCUT2D eigenvalue weighted by atomic mass is 35.5. The van der Waals surface area contributed by atoms with Gasteiger partial charge in [0.1, 0.15) is 0 Å². The molecule has 0 saturated heterocycles. The van der Waals surface area contributed by atoms with Crippen molar-refractivity contribution in [2.24, 2.45) is 5.41 Å². The van der Waals surface area contributed by atoms with Gasteiger partial charge in [-0.15, -0.1) is 19.0 Å². The fourth-order valence-electron chi connectivity index (χ4n) is 3.04. The van der Waals surface area contributed by atoms with Gasteiger partial charge in [0.15, 0.2) is 0 Å². The Kier molecular flexibility index (Phi) is 6.70. The Morgan fingerprint density at radius 3 is 2.48 bits per heavy atom. The summed E-state index contributed by atoms with van der Waals surface area (Å²) in [7, 11) is 0. The van der Waals surface area contributed by atoms with E-state index in [1.807, 2.05) is 6.08 Å². The molecule has 1 aromatic rings. The van der Waals surface area contributed by atoms with Crippen LogP contribution in [0, 0.1) is 5.41 Å². The summed E-state index contributed by atoms with van der Waals surface area (Å²) in [4.78, 5) is 0. The van der Waals surface area contributed by atoms with Gasteiger partial charge in [-0.05, 0) is 37.2 Å². The lowest BCUT2D eigenvalue weighted by Crippen LogP contribution is -2.22. The molecule has 0 amide bonds. The van der Waals surface area contributed by atoms with Crippen LogP contribution in [0.1, 0.15) is 51.6 Å². The molecule has 1 atom stereocenters. The normalized spacial score (nSPS) is 18.2. The number of nitrogens with one attached hydrogen (secondary N) is 1. The summed E-state index contributed by atoms with van der Waals surface area (Å²) < 4.78 is 0. The van der Waals surface area contributed by atoms with Crippen LogP contribution in [0.4, 0.5) is 0 Å². The summed E-state index contributed by atoms with van der Waals surface area (Å²) in [6.45, 7) is 11.7. The lowest BCUT2D eigenvalue weighted by atomic mass is 9.86.